The molecule has 6 rings (SSSR count). The van der Waals surface area contributed by atoms with Crippen molar-refractivity contribution in [3.05, 3.63) is 65.5 Å². The van der Waals surface area contributed by atoms with Gasteiger partial charge in [-0.1, -0.05) is 0 Å². The summed E-state index contributed by atoms with van der Waals surface area (Å²) in [4.78, 5) is 17.1. The highest BCUT2D eigenvalue weighted by molar-refractivity contribution is 6.01. The number of benzene rings is 1. The van der Waals surface area contributed by atoms with Crippen molar-refractivity contribution in [1.29, 1.82) is 0 Å². The van der Waals surface area contributed by atoms with Gasteiger partial charge in [-0.3, -0.25) is 4.79 Å². The Morgan fingerprint density at radius 2 is 1.97 bits per heavy atom. The third kappa shape index (κ3) is 4.57. The molecule has 10 nitrogen and oxygen atoms in total. The Balaban J connectivity index is 1.19. The summed E-state index contributed by atoms with van der Waals surface area (Å²) in [6, 6.07) is 8.74. The minimum absolute atomic E-state index is 0.0118. The highest BCUT2D eigenvalue weighted by atomic mass is 19.1. The Labute approximate surface area is 219 Å². The zero-order valence-electron chi connectivity index (χ0n) is 21.5. The van der Waals surface area contributed by atoms with Gasteiger partial charge in [0.25, 0.3) is 5.91 Å². The number of hydrogen-bond donors (Lipinski definition) is 1. The molecule has 4 aromatic rings. The maximum atomic E-state index is 14.1. The molecule has 2 aliphatic rings. The van der Waals surface area contributed by atoms with Crippen LogP contribution in [0, 0.1) is 5.82 Å². The lowest BCUT2D eigenvalue weighted by Crippen LogP contribution is -2.37. The fourth-order valence-electron chi connectivity index (χ4n) is 5.91. The monoisotopic (exact) mass is 518 g/mol. The van der Waals surface area contributed by atoms with Gasteiger partial charge < -0.3 is 15.0 Å². The molecule has 4 heterocycles. The van der Waals surface area contributed by atoms with E-state index in [4.69, 9.17) is 4.74 Å². The van der Waals surface area contributed by atoms with E-state index in [1.165, 1.54) is 10.9 Å². The average Bonchev–Trinajstić information content (AvgIpc) is 3.68. The number of fused-ring (bicyclic) bond motifs is 1. The Kier molecular flexibility index (Phi) is 6.42. The average molecular weight is 519 g/mol. The predicted octanol–water partition coefficient (Wildman–Crippen LogP) is 3.80. The Bertz CT molecular complexity index is 1460. The quantitative estimate of drug-likeness (QED) is 0.414. The van der Waals surface area contributed by atoms with Gasteiger partial charge in [-0.05, 0) is 74.1 Å². The van der Waals surface area contributed by atoms with E-state index >= 15 is 0 Å². The number of aromatic nitrogens is 6. The number of pyridine rings is 1. The van der Waals surface area contributed by atoms with E-state index in [2.05, 4.69) is 30.7 Å². The molecule has 38 heavy (non-hydrogen) atoms. The molecule has 11 heteroatoms. The van der Waals surface area contributed by atoms with Crippen molar-refractivity contribution in [2.24, 2.45) is 7.05 Å². The predicted molar refractivity (Wildman–Crippen MR) is 139 cm³/mol. The van der Waals surface area contributed by atoms with E-state index < -0.39 is 0 Å². The largest absolute Gasteiger partial charge is 0.496 e. The van der Waals surface area contributed by atoms with Gasteiger partial charge in [0.05, 0.1) is 37.5 Å². The SMILES string of the molecule is COc1ccc(F)cc1[C@H]1CCCN1c1ccn2ncc(C(=O)NC3CCC(c4nnn(C)n4)CC3)c2c1. The summed E-state index contributed by atoms with van der Waals surface area (Å²) < 4.78 is 21.4. The molecule has 3 aromatic heterocycles. The number of halogens is 1. The molecule has 0 unspecified atom stereocenters. The molecule has 1 aromatic carbocycles. The highest BCUT2D eigenvalue weighted by Gasteiger charge is 2.30. The third-order valence-corrected chi connectivity index (χ3v) is 7.84. The molecule has 1 amide bonds. The minimum atomic E-state index is -0.278. The molecule has 1 N–H and O–H groups in total. The van der Waals surface area contributed by atoms with Crippen LogP contribution >= 0.6 is 0 Å². The van der Waals surface area contributed by atoms with Crippen LogP contribution in [-0.4, -0.2) is 55.4 Å². The van der Waals surface area contributed by atoms with Gasteiger partial charge in [0.15, 0.2) is 5.82 Å². The highest BCUT2D eigenvalue weighted by Crippen LogP contribution is 2.40. The first-order valence-corrected chi connectivity index (χ1v) is 13.1. The topological polar surface area (TPSA) is 102 Å². The lowest BCUT2D eigenvalue weighted by atomic mass is 9.85. The standard InChI is InChI=1S/C27H31FN8O2/c1-34-32-26(31-33-34)17-5-8-19(9-6-17)30-27(37)22-16-29-36-13-11-20(15-24(22)36)35-12-3-4-23(35)21-14-18(28)7-10-25(21)38-2/h7,10-11,13-17,19,23H,3-6,8-9,12H2,1-2H3,(H,30,37)/t17?,19?,23-/m1/s1. The summed E-state index contributed by atoms with van der Waals surface area (Å²) in [6.45, 7) is 0.833. The van der Waals surface area contributed by atoms with Crippen molar-refractivity contribution in [2.75, 3.05) is 18.6 Å². The number of hydrogen-bond acceptors (Lipinski definition) is 7. The lowest BCUT2D eigenvalue weighted by Gasteiger charge is -2.28. The number of tetrazole rings is 1. The van der Waals surface area contributed by atoms with Gasteiger partial charge in [0.2, 0.25) is 0 Å². The van der Waals surface area contributed by atoms with Crippen LogP contribution < -0.4 is 15.0 Å². The number of aryl methyl sites for hydroxylation is 1. The second kappa shape index (κ2) is 10.0. The molecule has 0 spiro atoms. The summed E-state index contributed by atoms with van der Waals surface area (Å²) >= 11 is 0. The second-order valence-electron chi connectivity index (χ2n) is 10.2. The van der Waals surface area contributed by atoms with E-state index in [0.29, 0.717) is 11.3 Å². The maximum absolute atomic E-state index is 14.1. The van der Waals surface area contributed by atoms with Crippen molar-refractivity contribution >= 4 is 17.1 Å². The van der Waals surface area contributed by atoms with Crippen molar-refractivity contribution in [3.8, 4) is 5.75 Å². The summed E-state index contributed by atoms with van der Waals surface area (Å²) in [7, 11) is 3.38. The molecule has 2 fully saturated rings. The van der Waals surface area contributed by atoms with Gasteiger partial charge in [-0.2, -0.15) is 9.90 Å². The number of rotatable bonds is 6. The summed E-state index contributed by atoms with van der Waals surface area (Å²) in [6.07, 6.45) is 8.93. The summed E-state index contributed by atoms with van der Waals surface area (Å²) in [5.41, 5.74) is 3.10. The van der Waals surface area contributed by atoms with E-state index in [-0.39, 0.29) is 29.7 Å². The van der Waals surface area contributed by atoms with Crippen LogP contribution in [-0.2, 0) is 7.05 Å². The first kappa shape index (κ1) is 24.3. The fraction of sp³-hybridized carbons (Fsp3) is 0.444. The number of nitrogens with zero attached hydrogens (tertiary/aromatic N) is 7. The molecule has 198 valence electrons. The summed E-state index contributed by atoms with van der Waals surface area (Å²) in [5, 5.41) is 20.1. The number of carbonyl (C=O) groups is 1. The number of methoxy groups -OCH3 is 1. The van der Waals surface area contributed by atoms with Gasteiger partial charge in [0.1, 0.15) is 11.6 Å². The van der Waals surface area contributed by atoms with Crippen molar-refractivity contribution in [2.45, 2.75) is 56.5 Å². The van der Waals surface area contributed by atoms with E-state index in [0.717, 1.165) is 67.7 Å². The molecule has 0 radical (unpaired) electrons. The molecule has 0 bridgehead atoms. The van der Waals surface area contributed by atoms with Crippen molar-refractivity contribution < 1.29 is 13.9 Å². The number of anilines is 1. The van der Waals surface area contributed by atoms with E-state index in [1.807, 2.05) is 18.3 Å². The molecule has 1 saturated heterocycles. The van der Waals surface area contributed by atoms with Gasteiger partial charge in [-0.15, -0.1) is 10.2 Å². The molecule has 1 aliphatic heterocycles. The normalized spacial score (nSPS) is 21.7. The smallest absolute Gasteiger partial charge is 0.255 e. The molecular formula is C27H31FN8O2. The van der Waals surface area contributed by atoms with Gasteiger partial charge in [0, 0.05) is 36.0 Å². The molecule has 1 aliphatic carbocycles. The lowest BCUT2D eigenvalue weighted by molar-refractivity contribution is 0.0927. The maximum Gasteiger partial charge on any atom is 0.255 e. The molecular weight excluding hydrogens is 487 g/mol. The van der Waals surface area contributed by atoms with E-state index in [9.17, 15) is 9.18 Å². The zero-order chi connectivity index (χ0) is 26.2. The third-order valence-electron chi connectivity index (χ3n) is 7.84. The van der Waals surface area contributed by atoms with E-state index in [1.54, 1.807) is 37.0 Å². The van der Waals surface area contributed by atoms with Crippen LogP contribution in [0.4, 0.5) is 10.1 Å². The zero-order valence-corrected chi connectivity index (χ0v) is 21.5. The first-order chi connectivity index (χ1) is 18.5. The van der Waals surface area contributed by atoms with Gasteiger partial charge >= 0.3 is 0 Å². The Hall–Kier alpha value is -4.02. The molecule has 1 atom stereocenters. The fourth-order valence-corrected chi connectivity index (χ4v) is 5.91. The van der Waals surface area contributed by atoms with Crippen LogP contribution in [0.15, 0.2) is 42.7 Å². The van der Waals surface area contributed by atoms with Crippen LogP contribution in [0.25, 0.3) is 5.52 Å². The van der Waals surface area contributed by atoms with Crippen LogP contribution in [0.2, 0.25) is 0 Å². The number of nitrogens with one attached hydrogen (secondary N) is 1. The van der Waals surface area contributed by atoms with Crippen LogP contribution in [0.3, 0.4) is 0 Å². The minimum Gasteiger partial charge on any atom is -0.496 e. The first-order valence-electron chi connectivity index (χ1n) is 13.1. The van der Waals surface area contributed by atoms with Crippen molar-refractivity contribution in [1.82, 2.24) is 35.1 Å². The van der Waals surface area contributed by atoms with Crippen LogP contribution in [0.1, 0.15) is 72.2 Å². The Morgan fingerprint density at radius 3 is 2.74 bits per heavy atom. The van der Waals surface area contributed by atoms with Crippen molar-refractivity contribution in [3.63, 3.8) is 0 Å². The number of amides is 1. The Morgan fingerprint density at radius 1 is 1.13 bits per heavy atom. The number of carbonyl (C=O) groups excluding carboxylic acids is 1. The number of ether oxygens (including phenoxy) is 1. The van der Waals surface area contributed by atoms with Crippen LogP contribution in [0.5, 0.6) is 5.75 Å². The van der Waals surface area contributed by atoms with Gasteiger partial charge in [-0.25, -0.2) is 8.91 Å². The summed E-state index contributed by atoms with van der Waals surface area (Å²) in [5.74, 6) is 1.34. The second-order valence-corrected chi connectivity index (χ2v) is 10.2. The molecule has 1 saturated carbocycles.